The first-order valence-corrected chi connectivity index (χ1v) is 12.3. The fourth-order valence-corrected chi connectivity index (χ4v) is 6.45. The van der Waals surface area contributed by atoms with Gasteiger partial charge in [-0.3, -0.25) is 4.79 Å². The summed E-state index contributed by atoms with van der Waals surface area (Å²) in [7, 11) is -1.77. The lowest BCUT2D eigenvalue weighted by molar-refractivity contribution is -0.0440. The minimum absolute atomic E-state index is 0.160. The van der Waals surface area contributed by atoms with Crippen molar-refractivity contribution in [3.63, 3.8) is 0 Å². The van der Waals surface area contributed by atoms with Gasteiger partial charge in [-0.15, -0.1) is 0 Å². The van der Waals surface area contributed by atoms with Gasteiger partial charge in [0.15, 0.2) is 4.80 Å². The average Bonchev–Trinajstić information content (AvgIpc) is 3.01. The molecule has 0 N–H and O–H groups in total. The molecule has 2 aromatic carbocycles. The van der Waals surface area contributed by atoms with Gasteiger partial charge in [0, 0.05) is 25.7 Å². The maximum atomic E-state index is 13.0. The molecule has 1 aliphatic heterocycles. The van der Waals surface area contributed by atoms with E-state index in [-0.39, 0.29) is 17.1 Å². The molecule has 1 aliphatic rings. The van der Waals surface area contributed by atoms with Crippen molar-refractivity contribution in [2.45, 2.75) is 37.9 Å². The number of amides is 1. The monoisotopic (exact) mass is 459 g/mol. The van der Waals surface area contributed by atoms with Crippen LogP contribution in [0.3, 0.4) is 0 Å². The van der Waals surface area contributed by atoms with Crippen molar-refractivity contribution >= 4 is 37.5 Å². The zero-order valence-electron chi connectivity index (χ0n) is 17.9. The number of ether oxygens (including phenoxy) is 1. The first kappa shape index (κ1) is 21.9. The average molecular weight is 460 g/mol. The van der Waals surface area contributed by atoms with Crippen LogP contribution in [0.15, 0.2) is 52.4 Å². The molecule has 0 saturated carbocycles. The lowest BCUT2D eigenvalue weighted by Crippen LogP contribution is -2.48. The molecule has 1 saturated heterocycles. The fraction of sp³-hybridized carbons (Fsp3) is 0.364. The summed E-state index contributed by atoms with van der Waals surface area (Å²) < 4.78 is 36.0. The van der Waals surface area contributed by atoms with Gasteiger partial charge in [0.05, 0.1) is 27.3 Å². The lowest BCUT2D eigenvalue weighted by atomic mass is 10.2. The topological polar surface area (TPSA) is 81.0 Å². The maximum Gasteiger partial charge on any atom is 0.279 e. The third-order valence-corrected chi connectivity index (χ3v) is 8.23. The minimum Gasteiger partial charge on any atom is -0.373 e. The van der Waals surface area contributed by atoms with Crippen LogP contribution in [0.25, 0.3) is 10.2 Å². The van der Waals surface area contributed by atoms with Crippen molar-refractivity contribution in [3.8, 4) is 0 Å². The normalized spacial score (nSPS) is 21.0. The van der Waals surface area contributed by atoms with Gasteiger partial charge >= 0.3 is 0 Å². The highest BCUT2D eigenvalue weighted by molar-refractivity contribution is 7.89. The number of hydrogen-bond donors (Lipinski definition) is 0. The van der Waals surface area contributed by atoms with E-state index in [1.807, 2.05) is 44.5 Å². The largest absolute Gasteiger partial charge is 0.373 e. The molecule has 4 rings (SSSR count). The lowest BCUT2D eigenvalue weighted by Gasteiger charge is -2.34. The summed E-state index contributed by atoms with van der Waals surface area (Å²) in [6.45, 7) is 6.36. The molecule has 2 unspecified atom stereocenters. The number of aromatic nitrogens is 1. The smallest absolute Gasteiger partial charge is 0.279 e. The number of morpholine rings is 1. The number of carbonyl (C=O) groups is 1. The van der Waals surface area contributed by atoms with Crippen molar-refractivity contribution in [2.24, 2.45) is 12.0 Å². The van der Waals surface area contributed by atoms with Gasteiger partial charge in [0.2, 0.25) is 10.0 Å². The first-order chi connectivity index (χ1) is 14.6. The van der Waals surface area contributed by atoms with Gasteiger partial charge in [-0.2, -0.15) is 9.30 Å². The Balaban J connectivity index is 1.60. The summed E-state index contributed by atoms with van der Waals surface area (Å²) in [4.78, 5) is 17.7. The van der Waals surface area contributed by atoms with E-state index >= 15 is 0 Å². The Bertz CT molecular complexity index is 1300. The Hall–Kier alpha value is -2.33. The molecule has 31 heavy (non-hydrogen) atoms. The molecule has 0 bridgehead atoms. The molecule has 2 heterocycles. The zero-order chi connectivity index (χ0) is 22.3. The number of benzene rings is 2. The summed E-state index contributed by atoms with van der Waals surface area (Å²) in [6.07, 6.45) is -0.326. The molecule has 1 amide bonds. The van der Waals surface area contributed by atoms with Crippen molar-refractivity contribution < 1.29 is 17.9 Å². The molecule has 2 atom stereocenters. The quantitative estimate of drug-likeness (QED) is 0.603. The van der Waals surface area contributed by atoms with Crippen LogP contribution in [-0.4, -0.2) is 48.5 Å². The van der Waals surface area contributed by atoms with Gasteiger partial charge in [-0.05, 0) is 62.7 Å². The summed E-state index contributed by atoms with van der Waals surface area (Å²) >= 11 is 1.45. The summed E-state index contributed by atoms with van der Waals surface area (Å²) in [5.41, 5.74) is 2.50. The summed E-state index contributed by atoms with van der Waals surface area (Å²) in [5, 5.41) is 0. The van der Waals surface area contributed by atoms with E-state index in [4.69, 9.17) is 4.74 Å². The second-order valence-corrected chi connectivity index (χ2v) is 10.9. The van der Waals surface area contributed by atoms with Crippen LogP contribution in [0.4, 0.5) is 0 Å². The standard InChI is InChI=1S/C22H25N3O4S2/c1-14-5-10-19-20(11-14)30-22(24(19)4)23-21(26)17-6-8-18(9-7-17)31(27,28)25-12-15(2)29-16(3)13-25/h5-11,15-16H,12-13H2,1-4H3. The van der Waals surface area contributed by atoms with Crippen molar-refractivity contribution in [2.75, 3.05) is 13.1 Å². The van der Waals surface area contributed by atoms with E-state index in [9.17, 15) is 13.2 Å². The Morgan fingerprint density at radius 3 is 2.39 bits per heavy atom. The molecule has 9 heteroatoms. The van der Waals surface area contributed by atoms with Gasteiger partial charge < -0.3 is 9.30 Å². The second kappa shape index (κ2) is 8.31. The highest BCUT2D eigenvalue weighted by Gasteiger charge is 2.32. The van der Waals surface area contributed by atoms with Gasteiger partial charge in [0.1, 0.15) is 0 Å². The van der Waals surface area contributed by atoms with Crippen LogP contribution < -0.4 is 4.80 Å². The number of rotatable bonds is 3. The third-order valence-electron chi connectivity index (χ3n) is 5.29. The van der Waals surface area contributed by atoms with E-state index in [0.717, 1.165) is 15.8 Å². The van der Waals surface area contributed by atoms with E-state index in [1.54, 1.807) is 0 Å². The SMILES string of the molecule is Cc1ccc2c(c1)sc(=NC(=O)c1ccc(S(=O)(=O)N3CC(C)OC(C)C3)cc1)n2C. The Kier molecular flexibility index (Phi) is 5.87. The van der Waals surface area contributed by atoms with Gasteiger partial charge in [-0.25, -0.2) is 8.42 Å². The van der Waals surface area contributed by atoms with Crippen molar-refractivity contribution in [1.29, 1.82) is 0 Å². The van der Waals surface area contributed by atoms with Crippen LogP contribution in [0.1, 0.15) is 29.8 Å². The van der Waals surface area contributed by atoms with Crippen LogP contribution >= 0.6 is 11.3 Å². The van der Waals surface area contributed by atoms with Crippen molar-refractivity contribution in [1.82, 2.24) is 8.87 Å². The van der Waals surface area contributed by atoms with Crippen LogP contribution in [-0.2, 0) is 21.8 Å². The minimum atomic E-state index is -3.65. The number of sulfonamides is 1. The highest BCUT2D eigenvalue weighted by Crippen LogP contribution is 2.22. The van der Waals surface area contributed by atoms with Crippen LogP contribution in [0.2, 0.25) is 0 Å². The maximum absolute atomic E-state index is 13.0. The molecule has 3 aromatic rings. The summed E-state index contributed by atoms with van der Waals surface area (Å²) in [6, 6.07) is 12.1. The van der Waals surface area contributed by atoms with E-state index in [2.05, 4.69) is 11.1 Å². The number of aryl methyl sites for hydroxylation is 2. The number of fused-ring (bicyclic) bond motifs is 1. The Labute approximate surface area is 185 Å². The van der Waals surface area contributed by atoms with Gasteiger partial charge in [0.25, 0.3) is 5.91 Å². The number of thiazole rings is 1. The molecule has 1 fully saturated rings. The third kappa shape index (κ3) is 4.36. The van der Waals surface area contributed by atoms with E-state index < -0.39 is 15.9 Å². The molecular weight excluding hydrogens is 434 g/mol. The van der Waals surface area contributed by atoms with Gasteiger partial charge in [-0.1, -0.05) is 17.4 Å². The number of carbonyl (C=O) groups excluding carboxylic acids is 1. The highest BCUT2D eigenvalue weighted by atomic mass is 32.2. The predicted molar refractivity (Wildman–Crippen MR) is 121 cm³/mol. The molecule has 164 valence electrons. The van der Waals surface area contributed by atoms with Crippen LogP contribution in [0, 0.1) is 6.92 Å². The Morgan fingerprint density at radius 2 is 1.74 bits per heavy atom. The first-order valence-electron chi connectivity index (χ1n) is 10.1. The molecule has 1 aromatic heterocycles. The van der Waals surface area contributed by atoms with Crippen LogP contribution in [0.5, 0.6) is 0 Å². The second-order valence-electron chi connectivity index (χ2n) is 7.94. The molecule has 0 radical (unpaired) electrons. The van der Waals surface area contributed by atoms with Crippen molar-refractivity contribution in [3.05, 3.63) is 58.4 Å². The molecule has 7 nitrogen and oxygen atoms in total. The van der Waals surface area contributed by atoms with E-state index in [1.165, 1.54) is 39.9 Å². The molecular formula is C22H25N3O4S2. The summed E-state index contributed by atoms with van der Waals surface area (Å²) in [5.74, 6) is -0.406. The molecule has 0 aliphatic carbocycles. The zero-order valence-corrected chi connectivity index (χ0v) is 19.5. The fourth-order valence-electron chi connectivity index (χ4n) is 3.74. The predicted octanol–water partition coefficient (Wildman–Crippen LogP) is 3.09. The number of hydrogen-bond acceptors (Lipinski definition) is 5. The number of nitrogens with zero attached hydrogens (tertiary/aromatic N) is 3. The van der Waals surface area contributed by atoms with E-state index in [0.29, 0.717) is 23.5 Å². The Morgan fingerprint density at radius 1 is 1.10 bits per heavy atom. The molecule has 0 spiro atoms.